The normalized spacial score (nSPS) is 15.4. The van der Waals surface area contributed by atoms with E-state index in [1.54, 1.807) is 30.6 Å². The topological polar surface area (TPSA) is 78.0 Å². The second kappa shape index (κ2) is 4.21. The van der Waals surface area contributed by atoms with E-state index in [2.05, 4.69) is 15.3 Å². The van der Waals surface area contributed by atoms with Crippen LogP contribution in [0, 0.1) is 0 Å². The highest BCUT2D eigenvalue weighted by Crippen LogP contribution is 2.36. The van der Waals surface area contributed by atoms with Crippen molar-refractivity contribution in [3.63, 3.8) is 0 Å². The molecule has 0 fully saturated rings. The first-order valence-corrected chi connectivity index (χ1v) is 6.50. The van der Waals surface area contributed by atoms with E-state index in [0.717, 1.165) is 16.5 Å². The Hall–Kier alpha value is -3.08. The maximum atomic E-state index is 12.1. The van der Waals surface area contributed by atoms with Gasteiger partial charge in [-0.3, -0.25) is 9.78 Å². The summed E-state index contributed by atoms with van der Waals surface area (Å²) in [5.41, 5.74) is 3.79. The smallest absolute Gasteiger partial charge is 0.256 e. The van der Waals surface area contributed by atoms with Crippen molar-refractivity contribution in [2.75, 3.05) is 5.32 Å². The Balaban J connectivity index is 1.90. The summed E-state index contributed by atoms with van der Waals surface area (Å²) in [6, 6.07) is 6.74. The van der Waals surface area contributed by atoms with Crippen molar-refractivity contribution in [1.29, 1.82) is 0 Å². The zero-order valence-electron chi connectivity index (χ0n) is 10.9. The van der Waals surface area contributed by atoms with Gasteiger partial charge in [-0.15, -0.1) is 0 Å². The van der Waals surface area contributed by atoms with Gasteiger partial charge < -0.3 is 15.4 Å². The molecule has 5 heteroatoms. The molecular formula is C16H11N3O2. The fourth-order valence-electron chi connectivity index (χ4n) is 2.59. The van der Waals surface area contributed by atoms with Crippen LogP contribution in [0.25, 0.3) is 22.6 Å². The minimum absolute atomic E-state index is 0.138. The van der Waals surface area contributed by atoms with Gasteiger partial charge in [0, 0.05) is 40.2 Å². The Bertz CT molecular complexity index is 909. The lowest BCUT2D eigenvalue weighted by Gasteiger charge is -1.99. The Morgan fingerprint density at radius 2 is 2.14 bits per heavy atom. The molecule has 102 valence electrons. The summed E-state index contributed by atoms with van der Waals surface area (Å²) in [4.78, 5) is 19.3. The van der Waals surface area contributed by atoms with E-state index in [4.69, 9.17) is 0 Å². The third-order valence-corrected chi connectivity index (χ3v) is 3.60. The molecule has 3 aromatic rings. The highest BCUT2D eigenvalue weighted by Gasteiger charge is 2.24. The van der Waals surface area contributed by atoms with Gasteiger partial charge in [-0.25, -0.2) is 0 Å². The summed E-state index contributed by atoms with van der Waals surface area (Å²) < 4.78 is 0. The molecule has 1 aliphatic heterocycles. The van der Waals surface area contributed by atoms with Crippen LogP contribution in [0.1, 0.15) is 11.1 Å². The van der Waals surface area contributed by atoms with Gasteiger partial charge in [0.2, 0.25) is 0 Å². The number of hydrogen-bond acceptors (Lipinski definition) is 3. The summed E-state index contributed by atoms with van der Waals surface area (Å²) in [6.45, 7) is 0. The van der Waals surface area contributed by atoms with Crippen molar-refractivity contribution >= 4 is 34.1 Å². The zero-order chi connectivity index (χ0) is 14.4. The lowest BCUT2D eigenvalue weighted by atomic mass is 10.0. The van der Waals surface area contributed by atoms with Crippen LogP contribution in [-0.2, 0) is 4.79 Å². The van der Waals surface area contributed by atoms with E-state index >= 15 is 0 Å². The molecule has 0 spiro atoms. The minimum atomic E-state index is -0.168. The fraction of sp³-hybridized carbons (Fsp3) is 0. The van der Waals surface area contributed by atoms with E-state index in [0.29, 0.717) is 16.8 Å². The number of pyridine rings is 1. The first-order chi connectivity index (χ1) is 10.2. The summed E-state index contributed by atoms with van der Waals surface area (Å²) in [7, 11) is 0. The van der Waals surface area contributed by atoms with Gasteiger partial charge in [-0.2, -0.15) is 0 Å². The van der Waals surface area contributed by atoms with Crippen LogP contribution in [0.3, 0.4) is 0 Å². The maximum Gasteiger partial charge on any atom is 0.256 e. The molecule has 3 heterocycles. The molecule has 1 aliphatic rings. The number of aromatic amines is 1. The molecule has 0 atom stereocenters. The summed E-state index contributed by atoms with van der Waals surface area (Å²) in [5, 5.41) is 13.4. The number of carbonyl (C=O) groups is 1. The molecular weight excluding hydrogens is 266 g/mol. The molecule has 21 heavy (non-hydrogen) atoms. The van der Waals surface area contributed by atoms with Crippen molar-refractivity contribution < 1.29 is 9.90 Å². The number of amides is 1. The molecule has 0 radical (unpaired) electrons. The number of phenolic OH excluding ortho intramolecular Hbond substituents is 1. The molecule has 0 unspecified atom stereocenters. The van der Waals surface area contributed by atoms with Crippen LogP contribution in [0.15, 0.2) is 42.9 Å². The number of nitrogens with zero attached hydrogens (tertiary/aromatic N) is 1. The molecule has 4 rings (SSSR count). The number of benzene rings is 1. The van der Waals surface area contributed by atoms with Crippen molar-refractivity contribution in [1.82, 2.24) is 9.97 Å². The molecule has 0 saturated carbocycles. The molecule has 0 aliphatic carbocycles. The van der Waals surface area contributed by atoms with E-state index < -0.39 is 0 Å². The first-order valence-electron chi connectivity index (χ1n) is 6.50. The molecule has 0 saturated heterocycles. The van der Waals surface area contributed by atoms with Gasteiger partial charge in [0.15, 0.2) is 0 Å². The van der Waals surface area contributed by atoms with Gasteiger partial charge in [0.25, 0.3) is 5.91 Å². The Kier molecular flexibility index (Phi) is 2.35. The molecule has 1 aromatic carbocycles. The number of aromatic hydroxyl groups is 1. The first kappa shape index (κ1) is 11.7. The highest BCUT2D eigenvalue weighted by molar-refractivity contribution is 6.35. The Morgan fingerprint density at radius 1 is 1.24 bits per heavy atom. The molecule has 2 aromatic heterocycles. The van der Waals surface area contributed by atoms with Crippen LogP contribution < -0.4 is 5.32 Å². The van der Waals surface area contributed by atoms with E-state index in [1.165, 1.54) is 0 Å². The second-order valence-electron chi connectivity index (χ2n) is 4.91. The predicted octanol–water partition coefficient (Wildman–Crippen LogP) is 2.76. The van der Waals surface area contributed by atoms with Gasteiger partial charge >= 0.3 is 0 Å². The van der Waals surface area contributed by atoms with Gasteiger partial charge in [0.05, 0.1) is 11.7 Å². The van der Waals surface area contributed by atoms with Crippen LogP contribution in [0.2, 0.25) is 0 Å². The molecule has 1 amide bonds. The Morgan fingerprint density at radius 3 is 3.05 bits per heavy atom. The van der Waals surface area contributed by atoms with Crippen LogP contribution in [0.5, 0.6) is 5.75 Å². The largest absolute Gasteiger partial charge is 0.508 e. The third kappa shape index (κ3) is 1.79. The predicted molar refractivity (Wildman–Crippen MR) is 80.7 cm³/mol. The standard InChI is InChI=1S/C16H11N3O2/c20-10-1-2-14-12(6-10)13(16(21)19-14)5-9-7-18-15-8-17-4-3-11(9)15/h1-8,18,20H,(H,19,21). The monoisotopic (exact) mass is 277 g/mol. The van der Waals surface area contributed by atoms with Crippen LogP contribution in [0.4, 0.5) is 5.69 Å². The number of hydrogen-bond donors (Lipinski definition) is 3. The lowest BCUT2D eigenvalue weighted by Crippen LogP contribution is -2.03. The number of anilines is 1. The van der Waals surface area contributed by atoms with E-state index in [9.17, 15) is 9.90 Å². The average molecular weight is 277 g/mol. The number of carbonyl (C=O) groups excluding carboxylic acids is 1. The quantitative estimate of drug-likeness (QED) is 0.473. The highest BCUT2D eigenvalue weighted by atomic mass is 16.3. The SMILES string of the molecule is O=C1Nc2ccc(O)cc2C1=Cc1c[nH]c2cnccc12. The van der Waals surface area contributed by atoms with Gasteiger partial charge in [-0.1, -0.05) is 0 Å². The minimum Gasteiger partial charge on any atom is -0.508 e. The number of fused-ring (bicyclic) bond motifs is 2. The van der Waals surface area contributed by atoms with Crippen LogP contribution >= 0.6 is 0 Å². The van der Waals surface area contributed by atoms with E-state index in [-0.39, 0.29) is 11.7 Å². The van der Waals surface area contributed by atoms with E-state index in [1.807, 2.05) is 18.3 Å². The summed E-state index contributed by atoms with van der Waals surface area (Å²) in [6.07, 6.45) is 7.12. The number of phenols is 1. The lowest BCUT2D eigenvalue weighted by molar-refractivity contribution is -0.110. The second-order valence-corrected chi connectivity index (χ2v) is 4.91. The van der Waals surface area contributed by atoms with Crippen molar-refractivity contribution in [3.05, 3.63) is 54.0 Å². The number of nitrogens with one attached hydrogen (secondary N) is 2. The zero-order valence-corrected chi connectivity index (χ0v) is 10.9. The third-order valence-electron chi connectivity index (χ3n) is 3.60. The Labute approximate surface area is 120 Å². The maximum absolute atomic E-state index is 12.1. The number of rotatable bonds is 1. The average Bonchev–Trinajstić information content (AvgIpc) is 3.02. The van der Waals surface area contributed by atoms with Crippen molar-refractivity contribution in [2.45, 2.75) is 0 Å². The van der Waals surface area contributed by atoms with Crippen molar-refractivity contribution in [3.8, 4) is 5.75 Å². The fourth-order valence-corrected chi connectivity index (χ4v) is 2.59. The van der Waals surface area contributed by atoms with Crippen molar-refractivity contribution in [2.24, 2.45) is 0 Å². The van der Waals surface area contributed by atoms with Gasteiger partial charge in [-0.05, 0) is 30.3 Å². The molecule has 5 nitrogen and oxygen atoms in total. The summed E-state index contributed by atoms with van der Waals surface area (Å²) in [5.74, 6) is -0.0294. The van der Waals surface area contributed by atoms with Crippen LogP contribution in [-0.4, -0.2) is 21.0 Å². The number of H-pyrrole nitrogens is 1. The van der Waals surface area contributed by atoms with Gasteiger partial charge in [0.1, 0.15) is 5.75 Å². The number of aromatic nitrogens is 2. The molecule has 0 bridgehead atoms. The molecule has 3 N–H and O–H groups in total. The summed E-state index contributed by atoms with van der Waals surface area (Å²) >= 11 is 0.